The molecule has 1 saturated carbocycles. The molecule has 0 spiro atoms. The summed E-state index contributed by atoms with van der Waals surface area (Å²) < 4.78 is 6.85. The number of amides is 1. The van der Waals surface area contributed by atoms with Crippen molar-refractivity contribution in [2.45, 2.75) is 37.8 Å². The van der Waals surface area contributed by atoms with Crippen LogP contribution in [0, 0.1) is 0 Å². The van der Waals surface area contributed by atoms with Gasteiger partial charge in [-0.25, -0.2) is 4.98 Å². The van der Waals surface area contributed by atoms with Gasteiger partial charge in [0.1, 0.15) is 6.26 Å². The fourth-order valence-electron chi connectivity index (χ4n) is 3.19. The molecule has 1 aliphatic rings. The zero-order chi connectivity index (χ0) is 17.1. The Balaban J connectivity index is 1.34. The van der Waals surface area contributed by atoms with E-state index in [1.54, 1.807) is 18.6 Å². The van der Waals surface area contributed by atoms with Crippen LogP contribution in [0.1, 0.15) is 42.2 Å². The first-order chi connectivity index (χ1) is 12.3. The van der Waals surface area contributed by atoms with Crippen molar-refractivity contribution >= 4 is 5.91 Å². The van der Waals surface area contributed by atoms with Gasteiger partial charge < -0.3 is 9.73 Å². The Hall–Kier alpha value is -3.03. The zero-order valence-electron chi connectivity index (χ0n) is 13.6. The predicted molar refractivity (Wildman–Crippen MR) is 88.5 cm³/mol. The van der Waals surface area contributed by atoms with Crippen molar-refractivity contribution in [3.8, 4) is 11.3 Å². The maximum atomic E-state index is 12.0. The molecule has 0 saturated heterocycles. The Kier molecular flexibility index (Phi) is 4.24. The van der Waals surface area contributed by atoms with Crippen molar-refractivity contribution in [2.75, 3.05) is 0 Å². The Labute approximate surface area is 144 Å². The number of carbonyl (C=O) groups is 1. The number of hydrogen-bond acceptors (Lipinski definition) is 6. The van der Waals surface area contributed by atoms with Crippen LogP contribution in [0.3, 0.4) is 0 Å². The van der Waals surface area contributed by atoms with Crippen LogP contribution < -0.4 is 5.32 Å². The molecule has 3 aromatic rings. The number of nitrogens with zero attached hydrogens (tertiary/aromatic N) is 5. The van der Waals surface area contributed by atoms with Crippen LogP contribution in [0.5, 0.6) is 0 Å². The second kappa shape index (κ2) is 6.84. The van der Waals surface area contributed by atoms with Gasteiger partial charge in [-0.05, 0) is 25.7 Å². The summed E-state index contributed by atoms with van der Waals surface area (Å²) in [6.45, 7) is 0. The summed E-state index contributed by atoms with van der Waals surface area (Å²) in [5.74, 6) is -0.179. The molecule has 0 atom stereocenters. The fourth-order valence-corrected chi connectivity index (χ4v) is 3.19. The second-order valence-electron chi connectivity index (χ2n) is 6.15. The van der Waals surface area contributed by atoms with Crippen molar-refractivity contribution in [1.29, 1.82) is 0 Å². The number of oxazole rings is 1. The van der Waals surface area contributed by atoms with Gasteiger partial charge in [0.2, 0.25) is 0 Å². The summed E-state index contributed by atoms with van der Waals surface area (Å²) in [5, 5.41) is 7.50. The summed E-state index contributed by atoms with van der Waals surface area (Å²) in [4.78, 5) is 24.3. The third-order valence-corrected chi connectivity index (χ3v) is 4.53. The van der Waals surface area contributed by atoms with Crippen molar-refractivity contribution in [2.24, 2.45) is 0 Å². The van der Waals surface area contributed by atoms with Gasteiger partial charge in [-0.2, -0.15) is 5.10 Å². The van der Waals surface area contributed by atoms with Gasteiger partial charge in [-0.15, -0.1) is 0 Å². The molecule has 8 nitrogen and oxygen atoms in total. The molecule has 0 bridgehead atoms. The van der Waals surface area contributed by atoms with Crippen LogP contribution in [0.4, 0.5) is 0 Å². The quantitative estimate of drug-likeness (QED) is 0.783. The molecule has 0 radical (unpaired) electrons. The summed E-state index contributed by atoms with van der Waals surface area (Å²) in [5.41, 5.74) is 2.11. The van der Waals surface area contributed by atoms with Crippen LogP contribution in [0.25, 0.3) is 11.3 Å². The SMILES string of the molecule is O=C(NC1CCC(n2cc(-c3cnccn3)cn2)CC1)c1cocn1. The van der Waals surface area contributed by atoms with E-state index in [1.165, 1.54) is 12.7 Å². The van der Waals surface area contributed by atoms with E-state index < -0.39 is 0 Å². The highest BCUT2D eigenvalue weighted by atomic mass is 16.3. The van der Waals surface area contributed by atoms with Gasteiger partial charge in [0.15, 0.2) is 12.1 Å². The molecule has 1 aliphatic carbocycles. The molecule has 1 fully saturated rings. The van der Waals surface area contributed by atoms with Gasteiger partial charge in [-0.1, -0.05) is 0 Å². The molecule has 3 aromatic heterocycles. The second-order valence-corrected chi connectivity index (χ2v) is 6.15. The molecule has 8 heteroatoms. The van der Waals surface area contributed by atoms with Crippen LogP contribution >= 0.6 is 0 Å². The number of rotatable bonds is 4. The van der Waals surface area contributed by atoms with E-state index in [2.05, 4.69) is 25.4 Å². The minimum absolute atomic E-state index is 0.162. The first kappa shape index (κ1) is 15.5. The highest BCUT2D eigenvalue weighted by Gasteiger charge is 2.25. The number of aromatic nitrogens is 5. The number of hydrogen-bond donors (Lipinski definition) is 1. The van der Waals surface area contributed by atoms with Gasteiger partial charge in [0.05, 0.1) is 24.1 Å². The van der Waals surface area contributed by atoms with Crippen molar-refractivity contribution in [1.82, 2.24) is 30.0 Å². The molecule has 3 heterocycles. The van der Waals surface area contributed by atoms with E-state index in [4.69, 9.17) is 4.42 Å². The lowest BCUT2D eigenvalue weighted by molar-refractivity contribution is 0.0916. The first-order valence-corrected chi connectivity index (χ1v) is 8.29. The van der Waals surface area contributed by atoms with E-state index >= 15 is 0 Å². The van der Waals surface area contributed by atoms with Crippen molar-refractivity contribution in [3.05, 3.63) is 49.3 Å². The lowest BCUT2D eigenvalue weighted by atomic mass is 9.91. The molecule has 0 aliphatic heterocycles. The minimum Gasteiger partial charge on any atom is -0.451 e. The highest BCUT2D eigenvalue weighted by Crippen LogP contribution is 2.29. The lowest BCUT2D eigenvalue weighted by Gasteiger charge is -2.29. The molecule has 128 valence electrons. The largest absolute Gasteiger partial charge is 0.451 e. The normalized spacial score (nSPS) is 20.3. The van der Waals surface area contributed by atoms with E-state index in [1.807, 2.05) is 17.1 Å². The van der Waals surface area contributed by atoms with Crippen LogP contribution in [-0.4, -0.2) is 36.7 Å². The zero-order valence-corrected chi connectivity index (χ0v) is 13.6. The average Bonchev–Trinajstić information content (AvgIpc) is 3.35. The number of nitrogens with one attached hydrogen (secondary N) is 1. The Morgan fingerprint density at radius 3 is 2.76 bits per heavy atom. The van der Waals surface area contributed by atoms with Gasteiger partial charge in [0, 0.05) is 30.2 Å². The van der Waals surface area contributed by atoms with Crippen LogP contribution in [0.15, 0.2) is 48.1 Å². The standard InChI is InChI=1S/C17H18N6O2/c24-17(16-10-25-11-20-16)22-13-1-3-14(4-2-13)23-9-12(7-21-23)15-8-18-5-6-19-15/h5-11,13-14H,1-4H2,(H,22,24). The van der Waals surface area contributed by atoms with E-state index in [9.17, 15) is 4.79 Å². The van der Waals surface area contributed by atoms with Gasteiger partial charge in [-0.3, -0.25) is 19.4 Å². The molecule has 4 rings (SSSR count). The Morgan fingerprint density at radius 1 is 1.16 bits per heavy atom. The Bertz CT molecular complexity index is 822. The van der Waals surface area contributed by atoms with Crippen LogP contribution in [0.2, 0.25) is 0 Å². The van der Waals surface area contributed by atoms with E-state index in [-0.39, 0.29) is 11.9 Å². The average molecular weight is 338 g/mol. The minimum atomic E-state index is -0.179. The monoisotopic (exact) mass is 338 g/mol. The third-order valence-electron chi connectivity index (χ3n) is 4.53. The summed E-state index contributed by atoms with van der Waals surface area (Å²) in [7, 11) is 0. The summed E-state index contributed by atoms with van der Waals surface area (Å²) in [6, 6.07) is 0.501. The van der Waals surface area contributed by atoms with E-state index in [0.717, 1.165) is 36.9 Å². The highest BCUT2D eigenvalue weighted by molar-refractivity contribution is 5.92. The molecule has 0 aromatic carbocycles. The Morgan fingerprint density at radius 2 is 2.04 bits per heavy atom. The molecule has 1 N–H and O–H groups in total. The van der Waals surface area contributed by atoms with Crippen molar-refractivity contribution < 1.29 is 9.21 Å². The molecular formula is C17H18N6O2. The number of carbonyl (C=O) groups excluding carboxylic acids is 1. The molecule has 25 heavy (non-hydrogen) atoms. The fraction of sp³-hybridized carbons (Fsp3) is 0.353. The maximum absolute atomic E-state index is 12.0. The molecular weight excluding hydrogens is 320 g/mol. The molecule has 1 amide bonds. The van der Waals surface area contributed by atoms with Gasteiger partial charge in [0.25, 0.3) is 5.91 Å². The maximum Gasteiger partial charge on any atom is 0.273 e. The third kappa shape index (κ3) is 3.42. The smallest absolute Gasteiger partial charge is 0.273 e. The lowest BCUT2D eigenvalue weighted by Crippen LogP contribution is -2.38. The van der Waals surface area contributed by atoms with Crippen molar-refractivity contribution in [3.63, 3.8) is 0 Å². The summed E-state index contributed by atoms with van der Waals surface area (Å²) >= 11 is 0. The van der Waals surface area contributed by atoms with Gasteiger partial charge >= 0.3 is 0 Å². The first-order valence-electron chi connectivity index (χ1n) is 8.29. The van der Waals surface area contributed by atoms with Crippen LogP contribution in [-0.2, 0) is 0 Å². The topological polar surface area (TPSA) is 98.7 Å². The molecule has 0 unspecified atom stereocenters. The predicted octanol–water partition coefficient (Wildman–Crippen LogP) is 2.24. The summed E-state index contributed by atoms with van der Waals surface area (Å²) in [6.07, 6.45) is 15.3. The van der Waals surface area contributed by atoms with E-state index in [0.29, 0.717) is 11.7 Å².